The molecule has 6 heteroatoms. The molecule has 1 aliphatic heterocycles. The van der Waals surface area contributed by atoms with Gasteiger partial charge in [0.2, 0.25) is 5.91 Å². The number of Topliss-reactive ketones (excluding diaryl/α,β-unsaturated/α-hetero) is 1. The Labute approximate surface area is 119 Å². The lowest BCUT2D eigenvalue weighted by Gasteiger charge is -2.26. The van der Waals surface area contributed by atoms with Crippen LogP contribution < -0.4 is 11.1 Å². The summed E-state index contributed by atoms with van der Waals surface area (Å²) in [6.45, 7) is 4.77. The summed E-state index contributed by atoms with van der Waals surface area (Å²) in [5.41, 5.74) is 7.78. The number of hydrogen-bond acceptors (Lipinski definition) is 5. The maximum absolute atomic E-state index is 12.0. The third kappa shape index (κ3) is 3.45. The second-order valence-electron chi connectivity index (χ2n) is 5.20. The molecule has 0 atom stereocenters. The molecule has 110 valence electrons. The molecule has 1 heterocycles. The molecule has 1 aliphatic carbocycles. The zero-order chi connectivity index (χ0) is 14.5. The van der Waals surface area contributed by atoms with E-state index in [2.05, 4.69) is 10.3 Å². The molecule has 2 fully saturated rings. The molecule has 0 aromatic carbocycles. The van der Waals surface area contributed by atoms with Crippen molar-refractivity contribution in [2.24, 2.45) is 10.7 Å². The molecule has 2 aliphatic rings. The zero-order valence-electron chi connectivity index (χ0n) is 11.9. The van der Waals surface area contributed by atoms with Gasteiger partial charge in [0.25, 0.3) is 0 Å². The van der Waals surface area contributed by atoms with Gasteiger partial charge < -0.3 is 16.0 Å². The van der Waals surface area contributed by atoms with E-state index in [0.717, 1.165) is 56.7 Å². The Morgan fingerprint density at radius 2 is 2.00 bits per heavy atom. The van der Waals surface area contributed by atoms with Crippen molar-refractivity contribution in [3.8, 4) is 0 Å². The average molecular weight is 278 g/mol. The molecule has 0 bridgehead atoms. The van der Waals surface area contributed by atoms with Gasteiger partial charge in [-0.15, -0.1) is 0 Å². The third-order valence-corrected chi connectivity index (χ3v) is 3.77. The van der Waals surface area contributed by atoms with Gasteiger partial charge in [-0.2, -0.15) is 0 Å². The number of rotatable bonds is 3. The fourth-order valence-electron chi connectivity index (χ4n) is 2.58. The molecule has 1 saturated carbocycles. The van der Waals surface area contributed by atoms with Crippen molar-refractivity contribution in [1.29, 1.82) is 0 Å². The van der Waals surface area contributed by atoms with Gasteiger partial charge in [-0.3, -0.25) is 14.6 Å². The van der Waals surface area contributed by atoms with E-state index in [0.29, 0.717) is 5.70 Å². The number of allylic oxidation sites excluding steroid dienone is 2. The summed E-state index contributed by atoms with van der Waals surface area (Å²) in [5.74, 6) is -0.0744. The van der Waals surface area contributed by atoms with Gasteiger partial charge in [0.15, 0.2) is 5.78 Å². The van der Waals surface area contributed by atoms with Gasteiger partial charge in [-0.25, -0.2) is 0 Å². The van der Waals surface area contributed by atoms with E-state index in [4.69, 9.17) is 5.73 Å². The number of nitrogens with one attached hydrogen (secondary N) is 1. The van der Waals surface area contributed by atoms with Crippen LogP contribution in [-0.4, -0.2) is 55.0 Å². The summed E-state index contributed by atoms with van der Waals surface area (Å²) in [7, 11) is 0. The second-order valence-corrected chi connectivity index (χ2v) is 5.20. The van der Waals surface area contributed by atoms with Crippen molar-refractivity contribution in [2.45, 2.75) is 26.2 Å². The summed E-state index contributed by atoms with van der Waals surface area (Å²) >= 11 is 0. The predicted octanol–water partition coefficient (Wildman–Crippen LogP) is -0.155. The van der Waals surface area contributed by atoms with Gasteiger partial charge >= 0.3 is 0 Å². The van der Waals surface area contributed by atoms with Crippen LogP contribution in [-0.2, 0) is 9.59 Å². The highest BCUT2D eigenvalue weighted by atomic mass is 16.2. The molecule has 0 radical (unpaired) electrons. The first-order valence-electron chi connectivity index (χ1n) is 7.11. The zero-order valence-corrected chi connectivity index (χ0v) is 11.9. The van der Waals surface area contributed by atoms with Crippen LogP contribution in [0.25, 0.3) is 0 Å². The fraction of sp³-hybridized carbons (Fsp3) is 0.643. The number of amides is 1. The molecule has 1 saturated heterocycles. The molecule has 0 aromatic rings. The normalized spacial score (nSPS) is 24.1. The molecule has 20 heavy (non-hydrogen) atoms. The van der Waals surface area contributed by atoms with Crippen LogP contribution in [0.3, 0.4) is 0 Å². The summed E-state index contributed by atoms with van der Waals surface area (Å²) in [4.78, 5) is 29.6. The van der Waals surface area contributed by atoms with E-state index >= 15 is 0 Å². The summed E-state index contributed by atoms with van der Waals surface area (Å²) in [5, 5.41) is 3.21. The van der Waals surface area contributed by atoms with Crippen LogP contribution in [0.2, 0.25) is 0 Å². The molecule has 0 spiro atoms. The van der Waals surface area contributed by atoms with Gasteiger partial charge in [-0.1, -0.05) is 0 Å². The predicted molar refractivity (Wildman–Crippen MR) is 77.5 cm³/mol. The molecular weight excluding hydrogens is 256 g/mol. The minimum atomic E-state index is -0.122. The largest absolute Gasteiger partial charge is 0.396 e. The number of piperazine rings is 1. The Morgan fingerprint density at radius 3 is 2.65 bits per heavy atom. The van der Waals surface area contributed by atoms with Crippen molar-refractivity contribution < 1.29 is 9.59 Å². The van der Waals surface area contributed by atoms with Crippen LogP contribution in [0.4, 0.5) is 0 Å². The third-order valence-electron chi connectivity index (χ3n) is 3.77. The monoisotopic (exact) mass is 278 g/mol. The first kappa shape index (κ1) is 14.7. The van der Waals surface area contributed by atoms with E-state index < -0.39 is 0 Å². The summed E-state index contributed by atoms with van der Waals surface area (Å²) < 4.78 is 0. The number of carbonyl (C=O) groups excluding carboxylic acids is 2. The number of aliphatic imine (C=N–C) groups is 1. The summed E-state index contributed by atoms with van der Waals surface area (Å²) in [6.07, 6.45) is 2.54. The highest BCUT2D eigenvalue weighted by Gasteiger charge is 2.21. The molecular formula is C14H22N4O2. The maximum Gasteiger partial charge on any atom is 0.244 e. The fourth-order valence-corrected chi connectivity index (χ4v) is 2.58. The Morgan fingerprint density at radius 1 is 1.30 bits per heavy atom. The lowest BCUT2D eigenvalue weighted by Crippen LogP contribution is -2.47. The number of nitrogens with two attached hydrogens (primary N) is 1. The standard InChI is InChI=1S/C14H22N4O2/c1-10(19)14(15)11-3-2-4-12(11)17-9-13(20)18-7-5-16-6-8-18/h16H,2-9,15H2,1H3/b14-11-,17-12?. The van der Waals surface area contributed by atoms with E-state index in [-0.39, 0.29) is 18.2 Å². The smallest absolute Gasteiger partial charge is 0.244 e. The Kier molecular flexibility index (Phi) is 4.89. The lowest BCUT2D eigenvalue weighted by molar-refractivity contribution is -0.130. The van der Waals surface area contributed by atoms with Crippen molar-refractivity contribution >= 4 is 17.4 Å². The molecule has 1 amide bonds. The molecule has 2 rings (SSSR count). The van der Waals surface area contributed by atoms with Crippen molar-refractivity contribution in [3.63, 3.8) is 0 Å². The second kappa shape index (κ2) is 6.65. The van der Waals surface area contributed by atoms with Crippen LogP contribution in [0.5, 0.6) is 0 Å². The molecule has 0 aromatic heterocycles. The maximum atomic E-state index is 12.0. The van der Waals surface area contributed by atoms with Crippen molar-refractivity contribution in [1.82, 2.24) is 10.2 Å². The quantitative estimate of drug-likeness (QED) is 0.703. The minimum absolute atomic E-state index is 0.0478. The van der Waals surface area contributed by atoms with Gasteiger partial charge in [-0.05, 0) is 24.8 Å². The van der Waals surface area contributed by atoms with Crippen LogP contribution in [0.15, 0.2) is 16.3 Å². The number of hydrogen-bond donors (Lipinski definition) is 2. The SMILES string of the molecule is CC(=O)/C(N)=C1\CCCC1=NCC(=O)N1CCNCC1. The van der Waals surface area contributed by atoms with Gasteiger partial charge in [0, 0.05) is 38.8 Å². The van der Waals surface area contributed by atoms with Crippen LogP contribution >= 0.6 is 0 Å². The van der Waals surface area contributed by atoms with E-state index in [1.165, 1.54) is 6.92 Å². The Hall–Kier alpha value is -1.69. The number of carbonyl (C=O) groups is 2. The lowest BCUT2D eigenvalue weighted by atomic mass is 10.1. The summed E-state index contributed by atoms with van der Waals surface area (Å²) in [6, 6.07) is 0. The van der Waals surface area contributed by atoms with Gasteiger partial charge in [0.1, 0.15) is 6.54 Å². The highest BCUT2D eigenvalue weighted by Crippen LogP contribution is 2.23. The first-order valence-corrected chi connectivity index (χ1v) is 7.11. The average Bonchev–Trinajstić information content (AvgIpc) is 2.93. The molecule has 3 N–H and O–H groups in total. The Balaban J connectivity index is 2.01. The van der Waals surface area contributed by atoms with E-state index in [9.17, 15) is 9.59 Å². The van der Waals surface area contributed by atoms with Crippen molar-refractivity contribution in [3.05, 3.63) is 11.3 Å². The highest BCUT2D eigenvalue weighted by molar-refractivity contribution is 6.09. The number of ketones is 1. The molecule has 6 nitrogen and oxygen atoms in total. The van der Waals surface area contributed by atoms with Crippen molar-refractivity contribution in [2.75, 3.05) is 32.7 Å². The first-order chi connectivity index (χ1) is 9.59. The minimum Gasteiger partial charge on any atom is -0.396 e. The van der Waals surface area contributed by atoms with Crippen LogP contribution in [0.1, 0.15) is 26.2 Å². The van der Waals surface area contributed by atoms with E-state index in [1.807, 2.05) is 4.90 Å². The Bertz CT molecular complexity index is 462. The molecule has 0 unspecified atom stereocenters. The van der Waals surface area contributed by atoms with Gasteiger partial charge in [0.05, 0.1) is 5.70 Å². The topological polar surface area (TPSA) is 87.8 Å². The van der Waals surface area contributed by atoms with Crippen LogP contribution in [0, 0.1) is 0 Å². The van der Waals surface area contributed by atoms with E-state index in [1.54, 1.807) is 0 Å². The number of nitrogens with zero attached hydrogens (tertiary/aromatic N) is 2.